The maximum absolute atomic E-state index is 12.3. The zero-order valence-electron chi connectivity index (χ0n) is 11.4. The van der Waals surface area contributed by atoms with E-state index >= 15 is 0 Å². The number of nitrogens with one attached hydrogen (secondary N) is 1. The fourth-order valence-corrected chi connectivity index (χ4v) is 3.63. The Bertz CT molecular complexity index is 650. The van der Waals surface area contributed by atoms with E-state index in [4.69, 9.17) is 5.11 Å². The lowest BCUT2D eigenvalue weighted by atomic mass is 10.0. The lowest BCUT2D eigenvalue weighted by Gasteiger charge is -2.29. The minimum Gasteiger partial charge on any atom is -0.481 e. The molecule has 116 valence electrons. The minimum atomic E-state index is -3.79. The number of carbonyl (C=O) groups is 1. The van der Waals surface area contributed by atoms with Crippen LogP contribution in [0.3, 0.4) is 0 Å². The van der Waals surface area contributed by atoms with Gasteiger partial charge in [-0.05, 0) is 47.8 Å². The van der Waals surface area contributed by atoms with E-state index < -0.39 is 22.1 Å². The van der Waals surface area contributed by atoms with Crippen molar-refractivity contribution < 1.29 is 18.3 Å². The van der Waals surface area contributed by atoms with Gasteiger partial charge in [0, 0.05) is 17.6 Å². The van der Waals surface area contributed by atoms with E-state index in [1.54, 1.807) is 19.1 Å². The number of aryl methyl sites for hydroxylation is 1. The number of carboxylic acids is 1. The maximum Gasteiger partial charge on any atom is 0.307 e. The second-order valence-electron chi connectivity index (χ2n) is 4.91. The molecule has 2 rings (SSSR count). The van der Waals surface area contributed by atoms with Gasteiger partial charge in [-0.2, -0.15) is 12.7 Å². The number of pyridine rings is 1. The summed E-state index contributed by atoms with van der Waals surface area (Å²) in [7, 11) is -3.79. The zero-order chi connectivity index (χ0) is 15.6. The predicted octanol–water partition coefficient (Wildman–Crippen LogP) is 1.61. The Balaban J connectivity index is 2.14. The average Bonchev–Trinajstić information content (AvgIpc) is 2.43. The van der Waals surface area contributed by atoms with E-state index in [1.807, 2.05) is 0 Å². The number of aliphatic carboxylic acids is 1. The topological polar surface area (TPSA) is 99.6 Å². The van der Waals surface area contributed by atoms with E-state index in [0.29, 0.717) is 25.1 Å². The fraction of sp³-hybridized carbons (Fsp3) is 0.500. The van der Waals surface area contributed by atoms with Gasteiger partial charge in [0.2, 0.25) is 0 Å². The molecule has 7 nitrogen and oxygen atoms in total. The molecule has 1 aliphatic rings. The molecular formula is C12H16BrN3O4S. The van der Waals surface area contributed by atoms with Gasteiger partial charge in [0.1, 0.15) is 5.82 Å². The van der Waals surface area contributed by atoms with Gasteiger partial charge in [0.15, 0.2) is 0 Å². The molecule has 1 aliphatic heterocycles. The van der Waals surface area contributed by atoms with Crippen LogP contribution in [0.25, 0.3) is 0 Å². The largest absolute Gasteiger partial charge is 0.481 e. The highest BCUT2D eigenvalue weighted by Gasteiger charge is 2.32. The molecule has 1 aromatic rings. The Morgan fingerprint density at radius 1 is 1.52 bits per heavy atom. The number of hydrogen-bond acceptors (Lipinski definition) is 4. The van der Waals surface area contributed by atoms with Crippen LogP contribution in [0, 0.1) is 12.8 Å². The molecule has 2 N–H and O–H groups in total. The normalized spacial score (nSPS) is 20.2. The van der Waals surface area contributed by atoms with E-state index in [-0.39, 0.29) is 12.4 Å². The highest BCUT2D eigenvalue weighted by Crippen LogP contribution is 2.22. The van der Waals surface area contributed by atoms with Crippen LogP contribution >= 0.6 is 15.9 Å². The molecule has 0 aliphatic carbocycles. The van der Waals surface area contributed by atoms with Gasteiger partial charge in [0.05, 0.1) is 11.6 Å². The Morgan fingerprint density at radius 3 is 2.86 bits per heavy atom. The summed E-state index contributed by atoms with van der Waals surface area (Å²) in [4.78, 5) is 15.1. The SMILES string of the molecule is Cc1nc(NS(=O)(=O)N2CCCC(C(=O)O)C2)ccc1Br. The van der Waals surface area contributed by atoms with Crippen molar-refractivity contribution in [2.75, 3.05) is 17.8 Å². The third-order valence-electron chi connectivity index (χ3n) is 3.33. The lowest BCUT2D eigenvalue weighted by Crippen LogP contribution is -2.44. The maximum atomic E-state index is 12.3. The highest BCUT2D eigenvalue weighted by molar-refractivity contribution is 9.10. The summed E-state index contributed by atoms with van der Waals surface area (Å²) < 4.78 is 28.9. The Morgan fingerprint density at radius 2 is 2.24 bits per heavy atom. The standard InChI is InChI=1S/C12H16BrN3O4S/c1-8-10(13)4-5-11(14-8)15-21(19,20)16-6-2-3-9(7-16)12(17)18/h4-5,9H,2-3,6-7H2,1H3,(H,14,15)(H,17,18). The third kappa shape index (κ3) is 3.92. The van der Waals surface area contributed by atoms with Crippen molar-refractivity contribution in [2.24, 2.45) is 5.92 Å². The first-order valence-electron chi connectivity index (χ1n) is 6.43. The van der Waals surface area contributed by atoms with Crippen LogP contribution in [0.4, 0.5) is 5.82 Å². The van der Waals surface area contributed by atoms with Crippen LogP contribution < -0.4 is 4.72 Å². The molecule has 9 heteroatoms. The Kier molecular flexibility index (Phi) is 4.84. The number of aromatic nitrogens is 1. The lowest BCUT2D eigenvalue weighted by molar-refractivity contribution is -0.142. The first-order chi connectivity index (χ1) is 9.79. The molecule has 0 aromatic carbocycles. The smallest absolute Gasteiger partial charge is 0.307 e. The second kappa shape index (κ2) is 6.29. The van der Waals surface area contributed by atoms with Crippen molar-refractivity contribution in [1.29, 1.82) is 0 Å². The van der Waals surface area contributed by atoms with Crippen LogP contribution in [0.5, 0.6) is 0 Å². The molecule has 1 unspecified atom stereocenters. The van der Waals surface area contributed by atoms with E-state index in [0.717, 1.165) is 8.78 Å². The fourth-order valence-electron chi connectivity index (χ4n) is 2.16. The molecule has 0 spiro atoms. The Labute approximate surface area is 131 Å². The van der Waals surface area contributed by atoms with Gasteiger partial charge in [-0.15, -0.1) is 0 Å². The summed E-state index contributed by atoms with van der Waals surface area (Å²) in [5.41, 5.74) is 0.664. The van der Waals surface area contributed by atoms with Gasteiger partial charge in [-0.3, -0.25) is 9.52 Å². The number of piperidine rings is 1. The molecule has 0 bridgehead atoms. The number of nitrogens with zero attached hydrogens (tertiary/aromatic N) is 2. The summed E-state index contributed by atoms with van der Waals surface area (Å²) in [6.07, 6.45) is 1.03. The molecular weight excluding hydrogens is 362 g/mol. The average molecular weight is 378 g/mol. The minimum absolute atomic E-state index is 0.0137. The molecule has 1 saturated heterocycles. The molecule has 21 heavy (non-hydrogen) atoms. The van der Waals surface area contributed by atoms with Crippen LogP contribution in [0.2, 0.25) is 0 Å². The number of hydrogen-bond donors (Lipinski definition) is 2. The number of halogens is 1. The number of rotatable bonds is 4. The monoisotopic (exact) mass is 377 g/mol. The van der Waals surface area contributed by atoms with Crippen LogP contribution in [0.1, 0.15) is 18.5 Å². The molecule has 0 saturated carbocycles. The zero-order valence-corrected chi connectivity index (χ0v) is 13.8. The predicted molar refractivity (Wildman–Crippen MR) is 81.1 cm³/mol. The van der Waals surface area contributed by atoms with Crippen molar-refractivity contribution in [3.63, 3.8) is 0 Å². The van der Waals surface area contributed by atoms with Crippen molar-refractivity contribution in [3.8, 4) is 0 Å². The van der Waals surface area contributed by atoms with Crippen molar-refractivity contribution in [3.05, 3.63) is 22.3 Å². The van der Waals surface area contributed by atoms with E-state index in [2.05, 4.69) is 25.6 Å². The molecule has 1 aromatic heterocycles. The number of anilines is 1. The summed E-state index contributed by atoms with van der Waals surface area (Å²) in [6.45, 7) is 2.05. The van der Waals surface area contributed by atoms with Crippen LogP contribution in [-0.2, 0) is 15.0 Å². The third-order valence-corrected chi connectivity index (χ3v) is 5.64. The first-order valence-corrected chi connectivity index (χ1v) is 8.67. The summed E-state index contributed by atoms with van der Waals surface area (Å²) in [5, 5.41) is 9.02. The van der Waals surface area contributed by atoms with Gasteiger partial charge < -0.3 is 5.11 Å². The Hall–Kier alpha value is -1.19. The van der Waals surface area contributed by atoms with E-state index in [1.165, 1.54) is 0 Å². The number of carboxylic acid groups (broad SMARTS) is 1. The quantitative estimate of drug-likeness (QED) is 0.829. The molecule has 1 fully saturated rings. The first kappa shape index (κ1) is 16.2. The van der Waals surface area contributed by atoms with Crippen molar-refractivity contribution >= 4 is 37.9 Å². The van der Waals surface area contributed by atoms with Gasteiger partial charge in [0.25, 0.3) is 0 Å². The summed E-state index contributed by atoms with van der Waals surface area (Å²) in [5.74, 6) is -1.41. The summed E-state index contributed by atoms with van der Waals surface area (Å²) >= 11 is 3.29. The molecule has 2 heterocycles. The van der Waals surface area contributed by atoms with Crippen LogP contribution in [0.15, 0.2) is 16.6 Å². The molecule has 0 radical (unpaired) electrons. The van der Waals surface area contributed by atoms with Crippen molar-refractivity contribution in [2.45, 2.75) is 19.8 Å². The highest BCUT2D eigenvalue weighted by atomic mass is 79.9. The second-order valence-corrected chi connectivity index (χ2v) is 7.43. The van der Waals surface area contributed by atoms with Gasteiger partial charge in [-0.1, -0.05) is 0 Å². The summed E-state index contributed by atoms with van der Waals surface area (Å²) in [6, 6.07) is 3.25. The van der Waals surface area contributed by atoms with E-state index in [9.17, 15) is 13.2 Å². The van der Waals surface area contributed by atoms with Gasteiger partial charge >= 0.3 is 16.2 Å². The van der Waals surface area contributed by atoms with Crippen LogP contribution in [-0.4, -0.2) is 41.9 Å². The molecule has 1 atom stereocenters. The molecule has 0 amide bonds. The van der Waals surface area contributed by atoms with Crippen molar-refractivity contribution in [1.82, 2.24) is 9.29 Å². The van der Waals surface area contributed by atoms with Gasteiger partial charge in [-0.25, -0.2) is 4.98 Å².